The van der Waals surface area contributed by atoms with Gasteiger partial charge in [-0.15, -0.1) is 0 Å². The normalized spacial score (nSPS) is 12.7. The molecule has 0 radical (unpaired) electrons. The second-order valence-electron chi connectivity index (χ2n) is 27.1. The number of benzene rings is 16. The molecule has 0 aliphatic carbocycles. The lowest BCUT2D eigenvalue weighted by Gasteiger charge is -2.48. The van der Waals surface area contributed by atoms with E-state index in [2.05, 4.69) is 430 Å². The molecule has 0 spiro atoms. The molecule has 486 valence electrons. The van der Waals surface area contributed by atoms with Gasteiger partial charge in [0.2, 0.25) is 0 Å². The van der Waals surface area contributed by atoms with Crippen LogP contribution in [0.25, 0.3) is 33.4 Å². The highest BCUT2D eigenvalue weighted by molar-refractivity contribution is 7.03. The Morgan fingerprint density at radius 2 is 0.471 bits per heavy atom. The molecular formula is C96H66B2N6. The highest BCUT2D eigenvalue weighted by Crippen LogP contribution is 2.54. The number of hydrogen-bond acceptors (Lipinski definition) is 6. The van der Waals surface area contributed by atoms with Crippen LogP contribution in [0.1, 0.15) is 0 Å². The Bertz CT molecular complexity index is 5910. The van der Waals surface area contributed by atoms with Gasteiger partial charge in [0, 0.05) is 90.6 Å². The predicted octanol–water partition coefficient (Wildman–Crippen LogP) is 21.8. The van der Waals surface area contributed by atoms with Crippen LogP contribution in [0.15, 0.2) is 400 Å². The summed E-state index contributed by atoms with van der Waals surface area (Å²) >= 11 is 0. The summed E-state index contributed by atoms with van der Waals surface area (Å²) in [4.78, 5) is 15.3. The molecule has 0 bridgehead atoms. The number of para-hydroxylation sites is 10. The summed E-state index contributed by atoms with van der Waals surface area (Å²) in [5.74, 6) is 0. The van der Waals surface area contributed by atoms with Crippen molar-refractivity contribution in [2.75, 3.05) is 29.4 Å². The van der Waals surface area contributed by atoms with Gasteiger partial charge in [-0.05, 0) is 171 Å². The van der Waals surface area contributed by atoms with E-state index in [1.54, 1.807) is 0 Å². The maximum atomic E-state index is 2.65. The van der Waals surface area contributed by atoms with Crippen molar-refractivity contribution >= 4 is 149 Å². The third-order valence-corrected chi connectivity index (χ3v) is 21.3. The molecule has 4 aliphatic rings. The van der Waals surface area contributed by atoms with Crippen LogP contribution in [0.2, 0.25) is 0 Å². The maximum absolute atomic E-state index is 2.65. The minimum atomic E-state index is -0.232. The van der Waals surface area contributed by atoms with Crippen molar-refractivity contribution < 1.29 is 0 Å². The highest BCUT2D eigenvalue weighted by Gasteiger charge is 2.49. The van der Waals surface area contributed by atoms with Crippen LogP contribution in [-0.2, 0) is 0 Å². The molecule has 0 saturated carbocycles. The quantitative estimate of drug-likeness (QED) is 0.106. The largest absolute Gasteiger partial charge is 0.311 e. The number of anilines is 18. The van der Waals surface area contributed by atoms with E-state index >= 15 is 0 Å². The Balaban J connectivity index is 0.920. The summed E-state index contributed by atoms with van der Waals surface area (Å²) in [6.07, 6.45) is 0. The Morgan fingerprint density at radius 1 is 0.183 bits per heavy atom. The summed E-state index contributed by atoms with van der Waals surface area (Å²) in [6.45, 7) is -0.450. The molecule has 0 saturated heterocycles. The van der Waals surface area contributed by atoms with E-state index in [0.717, 1.165) is 136 Å². The summed E-state index contributed by atoms with van der Waals surface area (Å²) in [5.41, 5.74) is 33.7. The molecule has 0 aromatic heterocycles. The van der Waals surface area contributed by atoms with Crippen molar-refractivity contribution in [3.8, 4) is 33.4 Å². The van der Waals surface area contributed by atoms with Crippen molar-refractivity contribution in [1.82, 2.24) is 0 Å². The van der Waals surface area contributed by atoms with Crippen LogP contribution in [0.4, 0.5) is 102 Å². The average Bonchev–Trinajstić information content (AvgIpc) is 0.683. The molecule has 8 heteroatoms. The van der Waals surface area contributed by atoms with Crippen LogP contribution in [0.5, 0.6) is 0 Å². The number of hydrogen-bond donors (Lipinski definition) is 0. The fourth-order valence-electron chi connectivity index (χ4n) is 17.0. The van der Waals surface area contributed by atoms with E-state index in [-0.39, 0.29) is 13.4 Å². The zero-order valence-corrected chi connectivity index (χ0v) is 56.9. The van der Waals surface area contributed by atoms with Crippen LogP contribution < -0.4 is 62.2 Å². The van der Waals surface area contributed by atoms with Crippen molar-refractivity contribution in [2.24, 2.45) is 0 Å². The fourth-order valence-corrected chi connectivity index (χ4v) is 17.0. The minimum Gasteiger partial charge on any atom is -0.311 e. The van der Waals surface area contributed by atoms with Crippen LogP contribution in [-0.4, -0.2) is 13.4 Å². The Kier molecular flexibility index (Phi) is 14.7. The van der Waals surface area contributed by atoms with Crippen molar-refractivity contribution in [3.05, 3.63) is 400 Å². The number of rotatable bonds is 13. The summed E-state index contributed by atoms with van der Waals surface area (Å²) < 4.78 is 0. The molecule has 4 heterocycles. The SMILES string of the molecule is c1ccc(-c2ccccc2N(c2ccccc2)c2cc3c4c(c2)N(c2ccccc2)c2cc5c(cc2B4c2ccccc2N3c2ccccc2)B2c3ccccc3N(c3ccccc3)c3cc(N(c4ccccc4)c4ccccc4-c4ccccc4)cc(c32)N5c2ccccc2-c2ccccc2)cc1. The second-order valence-corrected chi connectivity index (χ2v) is 27.1. The van der Waals surface area contributed by atoms with Gasteiger partial charge < -0.3 is 29.4 Å². The smallest absolute Gasteiger partial charge is 0.252 e. The van der Waals surface area contributed by atoms with Gasteiger partial charge in [-0.2, -0.15) is 0 Å². The summed E-state index contributed by atoms with van der Waals surface area (Å²) in [7, 11) is 0. The minimum absolute atomic E-state index is 0.218. The van der Waals surface area contributed by atoms with E-state index in [0.29, 0.717) is 0 Å². The van der Waals surface area contributed by atoms with Crippen LogP contribution in [0.3, 0.4) is 0 Å². The van der Waals surface area contributed by atoms with Gasteiger partial charge in [-0.25, -0.2) is 0 Å². The fraction of sp³-hybridized carbons (Fsp3) is 0. The molecule has 20 rings (SSSR count). The van der Waals surface area contributed by atoms with E-state index in [4.69, 9.17) is 0 Å². The zero-order chi connectivity index (χ0) is 68.6. The first-order valence-electron chi connectivity index (χ1n) is 35.9. The second kappa shape index (κ2) is 25.3. The Morgan fingerprint density at radius 3 is 0.875 bits per heavy atom. The van der Waals surface area contributed by atoms with Gasteiger partial charge in [0.05, 0.1) is 28.4 Å². The summed E-state index contributed by atoms with van der Waals surface area (Å²) in [5, 5.41) is 0. The Labute approximate surface area is 607 Å². The molecule has 0 atom stereocenters. The summed E-state index contributed by atoms with van der Waals surface area (Å²) in [6, 6.07) is 148. The first-order valence-corrected chi connectivity index (χ1v) is 35.9. The van der Waals surface area contributed by atoms with E-state index in [1.807, 2.05) is 0 Å². The molecule has 4 aliphatic heterocycles. The molecular weight excluding hydrogens is 1260 g/mol. The Hall–Kier alpha value is -13.6. The van der Waals surface area contributed by atoms with Gasteiger partial charge in [0.1, 0.15) is 0 Å². The first kappa shape index (κ1) is 60.4. The molecule has 16 aromatic rings. The zero-order valence-electron chi connectivity index (χ0n) is 56.9. The molecule has 16 aromatic carbocycles. The molecule has 0 amide bonds. The van der Waals surface area contributed by atoms with Gasteiger partial charge in [-0.1, -0.05) is 279 Å². The lowest BCUT2D eigenvalue weighted by molar-refractivity contribution is 1.21. The van der Waals surface area contributed by atoms with Crippen molar-refractivity contribution in [1.29, 1.82) is 0 Å². The van der Waals surface area contributed by atoms with Gasteiger partial charge >= 0.3 is 0 Å². The number of nitrogens with zero attached hydrogens (tertiary/aromatic N) is 6. The van der Waals surface area contributed by atoms with Gasteiger partial charge in [0.15, 0.2) is 0 Å². The lowest BCUT2D eigenvalue weighted by atomic mass is 9.30. The standard InChI is InChI=1S/C96H66B2N6/c1-9-35-67(36-10-1)77-51-25-30-56-84(77)99(70-41-15-4-16-42-70)75-61-91-95-93(63-75)103(74-49-23-8-24-50-74)89-66-90-83(65-82(89)97(95)80-54-28-33-59-87(80)101(91)72-45-19-6-20-46-72)98-81-55-29-34-60-88(81)102(73-47-21-7-22-48-73)92-62-76(64-94(96(92)98)104(90)86-58-32-27-53-79(86)69-39-13-3-14-40-69)100(71-43-17-5-18-44-71)85-57-31-26-52-78(85)68-37-11-2-12-38-68/h1-66H. The van der Waals surface area contributed by atoms with Crippen LogP contribution in [0, 0.1) is 0 Å². The van der Waals surface area contributed by atoms with Gasteiger partial charge in [-0.3, -0.25) is 0 Å². The molecule has 104 heavy (non-hydrogen) atoms. The first-order chi connectivity index (χ1) is 51.7. The maximum Gasteiger partial charge on any atom is 0.252 e. The predicted molar refractivity (Wildman–Crippen MR) is 440 cm³/mol. The number of fused-ring (bicyclic) bond motifs is 8. The topological polar surface area (TPSA) is 19.4 Å². The third-order valence-electron chi connectivity index (χ3n) is 21.3. The van der Waals surface area contributed by atoms with E-state index < -0.39 is 0 Å². The molecule has 0 N–H and O–H groups in total. The molecule has 0 fully saturated rings. The average molecular weight is 1330 g/mol. The van der Waals surface area contributed by atoms with E-state index in [9.17, 15) is 0 Å². The van der Waals surface area contributed by atoms with E-state index in [1.165, 1.54) is 32.8 Å². The highest BCUT2D eigenvalue weighted by atomic mass is 15.2. The third kappa shape index (κ3) is 9.90. The van der Waals surface area contributed by atoms with Gasteiger partial charge in [0.25, 0.3) is 13.4 Å². The van der Waals surface area contributed by atoms with Crippen molar-refractivity contribution in [2.45, 2.75) is 0 Å². The van der Waals surface area contributed by atoms with Crippen LogP contribution >= 0.6 is 0 Å². The lowest BCUT2D eigenvalue weighted by Crippen LogP contribution is -2.65. The molecule has 0 unspecified atom stereocenters. The van der Waals surface area contributed by atoms with Crippen molar-refractivity contribution in [3.63, 3.8) is 0 Å². The monoisotopic (exact) mass is 1320 g/mol. The molecule has 6 nitrogen and oxygen atoms in total.